The lowest BCUT2D eigenvalue weighted by Gasteiger charge is -2.29. The summed E-state index contributed by atoms with van der Waals surface area (Å²) in [4.78, 5) is 11.2. The quantitative estimate of drug-likeness (QED) is 0.271. The summed E-state index contributed by atoms with van der Waals surface area (Å²) >= 11 is 0. The molecule has 0 heterocycles. The van der Waals surface area contributed by atoms with Gasteiger partial charge >= 0.3 is 0 Å². The van der Waals surface area contributed by atoms with Crippen LogP contribution >= 0.6 is 0 Å². The van der Waals surface area contributed by atoms with Gasteiger partial charge in [0.05, 0.1) is 32.9 Å². The molecular weight excluding hydrogens is 280 g/mol. The molecule has 118 valence electrons. The van der Waals surface area contributed by atoms with Gasteiger partial charge in [-0.25, -0.2) is 0 Å². The summed E-state index contributed by atoms with van der Waals surface area (Å²) in [5, 5.41) is 2.77. The van der Waals surface area contributed by atoms with Crippen molar-refractivity contribution < 1.29 is 22.2 Å². The first-order chi connectivity index (χ1) is 9.03. The minimum Gasteiger partial charge on any atom is -0.352 e. The molecule has 0 radical (unpaired) electrons. The Bertz CT molecular complexity index is 430. The first kappa shape index (κ1) is 19.1. The van der Waals surface area contributed by atoms with Gasteiger partial charge in [-0.15, -0.1) is 0 Å². The van der Waals surface area contributed by atoms with E-state index in [9.17, 15) is 13.2 Å². The normalized spacial score (nSPS) is 12.2. The molecule has 0 spiro atoms. The molecule has 6 nitrogen and oxygen atoms in total. The number of nitrogens with one attached hydrogen (secondary N) is 1. The third-order valence-corrected chi connectivity index (χ3v) is 3.83. The van der Waals surface area contributed by atoms with Crippen LogP contribution in [0, 0.1) is 0 Å². The molecule has 20 heavy (non-hydrogen) atoms. The van der Waals surface area contributed by atoms with E-state index >= 15 is 0 Å². The number of carbonyl (C=O) groups is 1. The number of amides is 1. The van der Waals surface area contributed by atoms with E-state index in [-0.39, 0.29) is 11.7 Å². The molecule has 0 saturated heterocycles. The first-order valence-electron chi connectivity index (χ1n) is 6.74. The molecule has 2 N–H and O–H groups in total. The van der Waals surface area contributed by atoms with Crippen molar-refractivity contribution in [3.05, 3.63) is 12.2 Å². The molecule has 0 aromatic heterocycles. The number of quaternary nitrogens is 1. The van der Waals surface area contributed by atoms with Crippen LogP contribution in [-0.4, -0.2) is 62.8 Å². The molecule has 0 bridgehead atoms. The standard InChI is InChI=1S/C13H26N2O4S/c1-12(2)13(16)14-8-5-6-9-15(3,4)10-7-11-20(17,18)19/h1,5-11H2,2-4H3,(H-,14,16,17,18,19)/p+1. The molecule has 7 heteroatoms. The Kier molecular flexibility index (Phi) is 8.00. The molecule has 0 aromatic carbocycles. The highest BCUT2D eigenvalue weighted by atomic mass is 32.2. The van der Waals surface area contributed by atoms with Crippen molar-refractivity contribution >= 4 is 16.0 Å². The Hall–Kier alpha value is -0.920. The van der Waals surface area contributed by atoms with Gasteiger partial charge in [-0.2, -0.15) is 8.42 Å². The summed E-state index contributed by atoms with van der Waals surface area (Å²) in [5.74, 6) is -0.310. The van der Waals surface area contributed by atoms with Crippen molar-refractivity contribution in [1.82, 2.24) is 5.32 Å². The van der Waals surface area contributed by atoms with Gasteiger partial charge in [-0.3, -0.25) is 9.35 Å². The maximum Gasteiger partial charge on any atom is 0.265 e. The predicted octanol–water partition coefficient (Wildman–Crippen LogP) is 0.813. The number of nitrogens with zero attached hydrogens (tertiary/aromatic N) is 1. The van der Waals surface area contributed by atoms with Crippen LogP contribution in [0.2, 0.25) is 0 Å². The van der Waals surface area contributed by atoms with Crippen LogP contribution in [0.25, 0.3) is 0 Å². The fourth-order valence-corrected chi connectivity index (χ4v) is 2.30. The second-order valence-electron chi connectivity index (χ2n) is 5.77. The minimum atomic E-state index is -3.86. The predicted molar refractivity (Wildman–Crippen MR) is 79.9 cm³/mol. The van der Waals surface area contributed by atoms with Gasteiger partial charge in [0, 0.05) is 18.5 Å². The van der Waals surface area contributed by atoms with Gasteiger partial charge < -0.3 is 9.80 Å². The van der Waals surface area contributed by atoms with Crippen molar-refractivity contribution in [3.8, 4) is 0 Å². The highest BCUT2D eigenvalue weighted by Gasteiger charge is 2.16. The highest BCUT2D eigenvalue weighted by molar-refractivity contribution is 7.85. The zero-order valence-electron chi connectivity index (χ0n) is 12.7. The van der Waals surface area contributed by atoms with Gasteiger partial charge in [0.2, 0.25) is 5.91 Å². The maximum absolute atomic E-state index is 11.2. The Labute approximate surface area is 122 Å². The molecule has 0 aliphatic carbocycles. The Morgan fingerprint density at radius 3 is 2.25 bits per heavy atom. The van der Waals surface area contributed by atoms with Gasteiger partial charge in [0.1, 0.15) is 0 Å². The fourth-order valence-electron chi connectivity index (χ4n) is 1.80. The summed E-state index contributed by atoms with van der Waals surface area (Å²) in [7, 11) is 0.189. The lowest BCUT2D eigenvalue weighted by atomic mass is 10.2. The van der Waals surface area contributed by atoms with E-state index in [1.807, 2.05) is 14.1 Å². The smallest absolute Gasteiger partial charge is 0.265 e. The SMILES string of the molecule is C=C(C)C(=O)NCCCC[N+](C)(C)CCCS(=O)(=O)O. The van der Waals surface area contributed by atoms with E-state index in [0.29, 0.717) is 29.6 Å². The molecule has 0 fully saturated rings. The summed E-state index contributed by atoms with van der Waals surface area (Å²) in [6.45, 7) is 7.44. The Morgan fingerprint density at radius 1 is 1.20 bits per heavy atom. The highest BCUT2D eigenvalue weighted by Crippen LogP contribution is 2.04. The molecule has 0 atom stereocenters. The van der Waals surface area contributed by atoms with Crippen LogP contribution < -0.4 is 5.32 Å². The molecule has 0 rings (SSSR count). The number of hydrogen-bond donors (Lipinski definition) is 2. The van der Waals surface area contributed by atoms with Gasteiger partial charge in [0.15, 0.2) is 0 Å². The molecule has 0 aliphatic heterocycles. The first-order valence-corrected chi connectivity index (χ1v) is 8.35. The van der Waals surface area contributed by atoms with Crippen LogP contribution in [-0.2, 0) is 14.9 Å². The van der Waals surface area contributed by atoms with Crippen LogP contribution in [0.1, 0.15) is 26.2 Å². The molecule has 0 aromatic rings. The second-order valence-corrected chi connectivity index (χ2v) is 7.34. The summed E-state index contributed by atoms with van der Waals surface area (Å²) in [6, 6.07) is 0. The summed E-state index contributed by atoms with van der Waals surface area (Å²) in [5.41, 5.74) is 0.506. The van der Waals surface area contributed by atoms with Crippen molar-refractivity contribution in [1.29, 1.82) is 0 Å². The van der Waals surface area contributed by atoms with E-state index in [1.54, 1.807) is 6.92 Å². The fraction of sp³-hybridized carbons (Fsp3) is 0.769. The van der Waals surface area contributed by atoms with Crippen LogP contribution in [0.5, 0.6) is 0 Å². The van der Waals surface area contributed by atoms with Crippen molar-refractivity contribution in [2.75, 3.05) is 39.5 Å². The molecule has 0 saturated carbocycles. The third-order valence-electron chi connectivity index (χ3n) is 3.03. The van der Waals surface area contributed by atoms with Gasteiger partial charge in [-0.05, 0) is 19.8 Å². The molecule has 0 unspecified atom stereocenters. The number of carbonyl (C=O) groups excluding carboxylic acids is 1. The Morgan fingerprint density at radius 2 is 1.75 bits per heavy atom. The lowest BCUT2D eigenvalue weighted by molar-refractivity contribution is -0.890. The average Bonchev–Trinajstić information content (AvgIpc) is 2.25. The van der Waals surface area contributed by atoms with E-state index in [4.69, 9.17) is 4.55 Å². The molecule has 1 amide bonds. The van der Waals surface area contributed by atoms with Gasteiger partial charge in [-0.1, -0.05) is 6.58 Å². The lowest BCUT2D eigenvalue weighted by Crippen LogP contribution is -2.42. The van der Waals surface area contributed by atoms with Crippen molar-refractivity contribution in [3.63, 3.8) is 0 Å². The topological polar surface area (TPSA) is 83.5 Å². The van der Waals surface area contributed by atoms with Crippen molar-refractivity contribution in [2.24, 2.45) is 0 Å². The zero-order valence-corrected chi connectivity index (χ0v) is 13.5. The monoisotopic (exact) mass is 307 g/mol. The molecule has 0 aliphatic rings. The largest absolute Gasteiger partial charge is 0.352 e. The second kappa shape index (κ2) is 8.39. The van der Waals surface area contributed by atoms with E-state index in [2.05, 4.69) is 11.9 Å². The van der Waals surface area contributed by atoms with E-state index < -0.39 is 10.1 Å². The zero-order chi connectivity index (χ0) is 15.8. The van der Waals surface area contributed by atoms with E-state index in [1.165, 1.54) is 0 Å². The van der Waals surface area contributed by atoms with Crippen molar-refractivity contribution in [2.45, 2.75) is 26.2 Å². The molecular formula is C13H27N2O4S+. The van der Waals surface area contributed by atoms with Crippen LogP contribution in [0.15, 0.2) is 12.2 Å². The minimum absolute atomic E-state index is 0.119. The number of unbranched alkanes of at least 4 members (excludes halogenated alkanes) is 1. The summed E-state index contributed by atoms with van der Waals surface area (Å²) < 4.78 is 30.6. The summed E-state index contributed by atoms with van der Waals surface area (Å²) in [6.07, 6.45) is 2.26. The van der Waals surface area contributed by atoms with Crippen LogP contribution in [0.3, 0.4) is 0 Å². The average molecular weight is 307 g/mol. The third kappa shape index (κ3) is 11.0. The van der Waals surface area contributed by atoms with Crippen LogP contribution in [0.4, 0.5) is 0 Å². The maximum atomic E-state index is 11.2. The number of rotatable bonds is 10. The van der Waals surface area contributed by atoms with Gasteiger partial charge in [0.25, 0.3) is 10.1 Å². The Balaban J connectivity index is 3.77. The number of hydrogen-bond acceptors (Lipinski definition) is 3. The van der Waals surface area contributed by atoms with E-state index in [0.717, 1.165) is 19.4 Å².